The molecule has 26 heavy (non-hydrogen) atoms. The summed E-state index contributed by atoms with van der Waals surface area (Å²) in [6.45, 7) is 6.35. The SMILES string of the molecule is CC(C)(C)c1ccc(NC=C([C@H]2OC(=O)c3ccccc32)[N+](=O)[O-])cc1. The molecule has 0 spiro atoms. The number of hydrogen-bond donors (Lipinski definition) is 1. The third-order valence-corrected chi connectivity index (χ3v) is 4.31. The van der Waals surface area contributed by atoms with Crippen LogP contribution in [0.2, 0.25) is 0 Å². The number of nitro groups is 1. The van der Waals surface area contributed by atoms with Crippen molar-refractivity contribution in [3.63, 3.8) is 0 Å². The molecule has 1 atom stereocenters. The second-order valence-electron chi connectivity index (χ2n) is 7.17. The number of rotatable bonds is 4. The van der Waals surface area contributed by atoms with Crippen LogP contribution in [0.1, 0.15) is 48.4 Å². The summed E-state index contributed by atoms with van der Waals surface area (Å²) in [6, 6.07) is 14.4. The number of nitrogens with zero attached hydrogens (tertiary/aromatic N) is 1. The summed E-state index contributed by atoms with van der Waals surface area (Å²) >= 11 is 0. The average Bonchev–Trinajstić information content (AvgIpc) is 2.92. The highest BCUT2D eigenvalue weighted by Gasteiger charge is 2.39. The number of carbonyl (C=O) groups excluding carboxylic acids is 1. The lowest BCUT2D eigenvalue weighted by Crippen LogP contribution is -2.12. The Morgan fingerprint density at radius 3 is 2.42 bits per heavy atom. The van der Waals surface area contributed by atoms with Gasteiger partial charge in [-0.25, -0.2) is 4.79 Å². The van der Waals surface area contributed by atoms with Crippen LogP contribution in [0.5, 0.6) is 0 Å². The second-order valence-corrected chi connectivity index (χ2v) is 7.17. The highest BCUT2D eigenvalue weighted by atomic mass is 16.6. The maximum Gasteiger partial charge on any atom is 0.339 e. The molecule has 0 saturated heterocycles. The Bertz CT molecular complexity index is 879. The summed E-state index contributed by atoms with van der Waals surface area (Å²) in [5.74, 6) is -0.548. The van der Waals surface area contributed by atoms with Gasteiger partial charge in [0, 0.05) is 11.3 Å². The molecule has 0 saturated carbocycles. The van der Waals surface area contributed by atoms with E-state index in [1.807, 2.05) is 24.3 Å². The molecule has 2 aromatic rings. The van der Waals surface area contributed by atoms with Crippen LogP contribution in [0.4, 0.5) is 5.69 Å². The predicted octanol–water partition coefficient (Wildman–Crippen LogP) is 4.43. The van der Waals surface area contributed by atoms with Crippen LogP contribution in [0.3, 0.4) is 0 Å². The van der Waals surface area contributed by atoms with Gasteiger partial charge in [-0.05, 0) is 29.2 Å². The number of benzene rings is 2. The van der Waals surface area contributed by atoms with Crippen LogP contribution in [-0.4, -0.2) is 10.9 Å². The molecule has 0 bridgehead atoms. The Morgan fingerprint density at radius 2 is 1.81 bits per heavy atom. The fraction of sp³-hybridized carbons (Fsp3) is 0.250. The van der Waals surface area contributed by atoms with E-state index in [0.29, 0.717) is 11.1 Å². The second kappa shape index (κ2) is 6.63. The van der Waals surface area contributed by atoms with Gasteiger partial charge in [0.2, 0.25) is 6.10 Å². The Morgan fingerprint density at radius 1 is 1.15 bits per heavy atom. The van der Waals surface area contributed by atoms with Gasteiger partial charge in [0.1, 0.15) is 0 Å². The van der Waals surface area contributed by atoms with Crippen molar-refractivity contribution in [1.82, 2.24) is 0 Å². The zero-order valence-electron chi connectivity index (χ0n) is 14.9. The van der Waals surface area contributed by atoms with E-state index >= 15 is 0 Å². The number of hydrogen-bond acceptors (Lipinski definition) is 5. The molecule has 6 nitrogen and oxygen atoms in total. The number of carbonyl (C=O) groups is 1. The average molecular weight is 352 g/mol. The molecule has 0 amide bonds. The smallest absolute Gasteiger partial charge is 0.339 e. The topological polar surface area (TPSA) is 81.5 Å². The van der Waals surface area contributed by atoms with Gasteiger partial charge in [0.15, 0.2) is 0 Å². The first-order valence-electron chi connectivity index (χ1n) is 8.29. The zero-order chi connectivity index (χ0) is 18.9. The van der Waals surface area contributed by atoms with Crippen molar-refractivity contribution in [3.8, 4) is 0 Å². The van der Waals surface area contributed by atoms with Crippen LogP contribution in [0.25, 0.3) is 0 Å². The zero-order valence-corrected chi connectivity index (χ0v) is 14.9. The van der Waals surface area contributed by atoms with Gasteiger partial charge in [-0.15, -0.1) is 0 Å². The van der Waals surface area contributed by atoms with Gasteiger partial charge in [0.05, 0.1) is 16.7 Å². The van der Waals surface area contributed by atoms with Gasteiger partial charge in [-0.3, -0.25) is 10.1 Å². The van der Waals surface area contributed by atoms with Gasteiger partial charge < -0.3 is 10.1 Å². The molecule has 1 aliphatic rings. The molecule has 0 fully saturated rings. The summed E-state index contributed by atoms with van der Waals surface area (Å²) < 4.78 is 5.22. The highest BCUT2D eigenvalue weighted by molar-refractivity contribution is 5.94. The van der Waals surface area contributed by atoms with E-state index in [9.17, 15) is 14.9 Å². The molecular formula is C20H20N2O4. The van der Waals surface area contributed by atoms with E-state index in [1.165, 1.54) is 11.8 Å². The number of nitrogens with one attached hydrogen (secondary N) is 1. The summed E-state index contributed by atoms with van der Waals surface area (Å²) in [5, 5.41) is 14.4. The van der Waals surface area contributed by atoms with E-state index in [4.69, 9.17) is 4.74 Å². The number of esters is 1. The van der Waals surface area contributed by atoms with Crippen LogP contribution in [-0.2, 0) is 10.2 Å². The molecule has 0 aromatic heterocycles. The van der Waals surface area contributed by atoms with Crippen molar-refractivity contribution in [3.05, 3.63) is 87.2 Å². The van der Waals surface area contributed by atoms with Crippen molar-refractivity contribution < 1.29 is 14.5 Å². The van der Waals surface area contributed by atoms with E-state index in [1.54, 1.807) is 24.3 Å². The minimum Gasteiger partial charge on any atom is -0.442 e. The normalized spacial score (nSPS) is 16.8. The van der Waals surface area contributed by atoms with Crippen LogP contribution in [0.15, 0.2) is 60.4 Å². The van der Waals surface area contributed by atoms with Gasteiger partial charge in [-0.2, -0.15) is 0 Å². The van der Waals surface area contributed by atoms with E-state index in [0.717, 1.165) is 5.69 Å². The molecule has 0 aliphatic carbocycles. The number of anilines is 1. The van der Waals surface area contributed by atoms with Crippen molar-refractivity contribution in [2.75, 3.05) is 5.32 Å². The molecule has 6 heteroatoms. The first kappa shape index (κ1) is 17.7. The number of fused-ring (bicyclic) bond motifs is 1. The molecule has 134 valence electrons. The third kappa shape index (κ3) is 3.44. The maximum absolute atomic E-state index is 11.9. The third-order valence-electron chi connectivity index (χ3n) is 4.31. The summed E-state index contributed by atoms with van der Waals surface area (Å²) in [6.07, 6.45) is 0.265. The summed E-state index contributed by atoms with van der Waals surface area (Å²) in [7, 11) is 0. The molecule has 0 unspecified atom stereocenters. The summed E-state index contributed by atoms with van der Waals surface area (Å²) in [5.41, 5.74) is 2.56. The van der Waals surface area contributed by atoms with Gasteiger partial charge in [-0.1, -0.05) is 51.1 Å². The minimum atomic E-state index is -1.02. The van der Waals surface area contributed by atoms with Crippen molar-refractivity contribution >= 4 is 11.7 Å². The monoisotopic (exact) mass is 352 g/mol. The first-order chi connectivity index (χ1) is 12.3. The Labute approximate surface area is 151 Å². The fourth-order valence-corrected chi connectivity index (χ4v) is 2.81. The van der Waals surface area contributed by atoms with Crippen molar-refractivity contribution in [2.24, 2.45) is 0 Å². The van der Waals surface area contributed by atoms with Crippen LogP contribution in [0, 0.1) is 10.1 Å². The largest absolute Gasteiger partial charge is 0.442 e. The molecule has 1 aliphatic heterocycles. The number of ether oxygens (including phenoxy) is 1. The van der Waals surface area contributed by atoms with Gasteiger partial charge >= 0.3 is 11.7 Å². The first-order valence-corrected chi connectivity index (χ1v) is 8.29. The fourth-order valence-electron chi connectivity index (χ4n) is 2.81. The molecule has 0 radical (unpaired) electrons. The number of cyclic esters (lactones) is 1. The van der Waals surface area contributed by atoms with Crippen LogP contribution >= 0.6 is 0 Å². The lowest BCUT2D eigenvalue weighted by molar-refractivity contribution is -0.436. The van der Waals surface area contributed by atoms with Crippen molar-refractivity contribution in [2.45, 2.75) is 32.3 Å². The Hall–Kier alpha value is -3.15. The minimum absolute atomic E-state index is 0.0299. The standard InChI is InChI=1S/C20H20N2O4/c1-20(2,3)13-8-10-14(11-9-13)21-12-17(22(24)25)18-15-6-4-5-7-16(15)19(23)26-18/h4-12,18,21H,1-3H3/t18-/m0/s1. The van der Waals surface area contributed by atoms with Gasteiger partial charge in [0.25, 0.3) is 0 Å². The predicted molar refractivity (Wildman–Crippen MR) is 98.4 cm³/mol. The Kier molecular flexibility index (Phi) is 4.50. The van der Waals surface area contributed by atoms with E-state index in [-0.39, 0.29) is 11.1 Å². The Balaban J connectivity index is 1.86. The quantitative estimate of drug-likeness (QED) is 0.500. The van der Waals surface area contributed by atoms with E-state index < -0.39 is 17.0 Å². The lowest BCUT2D eigenvalue weighted by atomic mass is 9.87. The lowest BCUT2D eigenvalue weighted by Gasteiger charge is -2.19. The van der Waals surface area contributed by atoms with Crippen molar-refractivity contribution in [1.29, 1.82) is 0 Å². The van der Waals surface area contributed by atoms with E-state index in [2.05, 4.69) is 26.1 Å². The highest BCUT2D eigenvalue weighted by Crippen LogP contribution is 2.36. The summed E-state index contributed by atoms with van der Waals surface area (Å²) in [4.78, 5) is 22.9. The molecular weight excluding hydrogens is 332 g/mol. The van der Waals surface area contributed by atoms with Crippen LogP contribution < -0.4 is 5.32 Å². The molecule has 3 rings (SSSR count). The maximum atomic E-state index is 11.9. The molecule has 1 heterocycles. The molecule has 2 aromatic carbocycles. The molecule has 1 N–H and O–H groups in total.